The highest BCUT2D eigenvalue weighted by Crippen LogP contribution is 2.41. The highest BCUT2D eigenvalue weighted by Gasteiger charge is 2.39. The summed E-state index contributed by atoms with van der Waals surface area (Å²) in [7, 11) is 0. The number of nitrogens with zero attached hydrogens (tertiary/aromatic N) is 5. The molecular weight excluding hydrogens is 463 g/mol. The van der Waals surface area contributed by atoms with E-state index in [0.717, 1.165) is 10.9 Å². The minimum Gasteiger partial charge on any atom is -0.343 e. The van der Waals surface area contributed by atoms with Gasteiger partial charge in [0.15, 0.2) is 11.9 Å². The van der Waals surface area contributed by atoms with E-state index in [1.54, 1.807) is 6.20 Å². The Bertz CT molecular complexity index is 1180. The molecule has 3 aromatic rings. The third kappa shape index (κ3) is 5.57. The fourth-order valence-corrected chi connectivity index (χ4v) is 4.02. The minimum atomic E-state index is -4.36. The Labute approximate surface area is 190 Å². The van der Waals surface area contributed by atoms with E-state index in [9.17, 15) is 31.5 Å². The van der Waals surface area contributed by atoms with Gasteiger partial charge in [-0.25, -0.2) is 18.3 Å². The molecule has 3 aromatic heterocycles. The van der Waals surface area contributed by atoms with E-state index in [0.29, 0.717) is 23.2 Å². The highest BCUT2D eigenvalue weighted by molar-refractivity contribution is 5.94. The zero-order valence-electron chi connectivity index (χ0n) is 17.8. The summed E-state index contributed by atoms with van der Waals surface area (Å²) in [4.78, 5) is 28.4. The number of alkyl halides is 5. The summed E-state index contributed by atoms with van der Waals surface area (Å²) in [5, 5.41) is 10.7. The zero-order chi connectivity index (χ0) is 24.5. The number of rotatable bonds is 7. The molecule has 1 aliphatic carbocycles. The lowest BCUT2D eigenvalue weighted by molar-refractivity contribution is -0.137. The normalized spacial score (nSPS) is 17.6. The number of fused-ring (bicyclic) bond motifs is 1. The smallest absolute Gasteiger partial charge is 0.343 e. The third-order valence-corrected chi connectivity index (χ3v) is 5.85. The highest BCUT2D eigenvalue weighted by atomic mass is 19.4. The van der Waals surface area contributed by atoms with Gasteiger partial charge in [0, 0.05) is 31.1 Å². The number of carbonyl (C=O) groups excluding carboxylic acids is 2. The van der Waals surface area contributed by atoms with E-state index in [4.69, 9.17) is 0 Å². The molecule has 1 fully saturated rings. The van der Waals surface area contributed by atoms with E-state index in [2.05, 4.69) is 20.5 Å². The van der Waals surface area contributed by atoms with E-state index < -0.39 is 37.0 Å². The Hall–Kier alpha value is -3.38. The Kier molecular flexibility index (Phi) is 6.36. The van der Waals surface area contributed by atoms with Crippen molar-refractivity contribution in [2.45, 2.75) is 56.8 Å². The van der Waals surface area contributed by atoms with Gasteiger partial charge < -0.3 is 5.32 Å². The first-order valence-electron chi connectivity index (χ1n) is 10.6. The molecule has 0 aromatic carbocycles. The van der Waals surface area contributed by atoms with Gasteiger partial charge in [-0.3, -0.25) is 14.3 Å². The van der Waals surface area contributed by atoms with Crippen molar-refractivity contribution in [3.63, 3.8) is 0 Å². The maximum Gasteiger partial charge on any atom is 0.390 e. The lowest BCUT2D eigenvalue weighted by Crippen LogP contribution is -2.37. The van der Waals surface area contributed by atoms with Crippen LogP contribution in [-0.4, -0.2) is 48.7 Å². The van der Waals surface area contributed by atoms with Crippen LogP contribution in [0.5, 0.6) is 0 Å². The molecule has 8 nitrogen and oxygen atoms in total. The van der Waals surface area contributed by atoms with Gasteiger partial charge in [0.25, 0.3) is 5.91 Å². The standard InChI is InChI=1S/C21H21F5N6O2/c22-20(23)3-1-14(2-4-20)18(16-11-32-17(29-16)7-13(12-33)8-28-32)30-19(34)15-9-27-31(10-15)6-5-21(24,25)26/h7-12,14,18H,1-6H2,(H,30,34)/t18-/m0/s1. The van der Waals surface area contributed by atoms with Crippen LogP contribution >= 0.6 is 0 Å². The summed E-state index contributed by atoms with van der Waals surface area (Å²) in [6.45, 7) is -0.435. The molecule has 3 heterocycles. The molecule has 4 rings (SSSR count). The monoisotopic (exact) mass is 484 g/mol. The van der Waals surface area contributed by atoms with Crippen LogP contribution in [0.2, 0.25) is 0 Å². The maximum absolute atomic E-state index is 13.7. The first kappa shape index (κ1) is 23.8. The first-order valence-corrected chi connectivity index (χ1v) is 10.6. The lowest BCUT2D eigenvalue weighted by Gasteiger charge is -2.33. The second-order valence-corrected chi connectivity index (χ2v) is 8.38. The minimum absolute atomic E-state index is 0.0402. The second kappa shape index (κ2) is 9.11. The molecular formula is C21H21F5N6O2. The average Bonchev–Trinajstić information content (AvgIpc) is 3.42. The molecule has 0 saturated heterocycles. The molecule has 182 valence electrons. The second-order valence-electron chi connectivity index (χ2n) is 8.38. The van der Waals surface area contributed by atoms with Crippen LogP contribution in [0.25, 0.3) is 5.65 Å². The number of aryl methyl sites for hydroxylation is 1. The summed E-state index contributed by atoms with van der Waals surface area (Å²) in [5.41, 5.74) is 1.07. The molecule has 34 heavy (non-hydrogen) atoms. The molecule has 0 bridgehead atoms. The molecule has 0 radical (unpaired) electrons. The SMILES string of the molecule is O=Cc1cnn2cc([C@@H](NC(=O)c3cnn(CCC(F)(F)F)c3)C3CCC(F)(F)CC3)nc2c1. The number of aromatic nitrogens is 5. The fraction of sp³-hybridized carbons (Fsp3) is 0.476. The van der Waals surface area contributed by atoms with Gasteiger partial charge >= 0.3 is 6.18 Å². The van der Waals surface area contributed by atoms with Crippen LogP contribution in [0.4, 0.5) is 22.0 Å². The molecule has 1 amide bonds. The average molecular weight is 484 g/mol. The van der Waals surface area contributed by atoms with Crippen molar-refractivity contribution in [3.05, 3.63) is 47.7 Å². The van der Waals surface area contributed by atoms with E-state index in [1.807, 2.05) is 0 Å². The van der Waals surface area contributed by atoms with Crippen LogP contribution in [0.3, 0.4) is 0 Å². The van der Waals surface area contributed by atoms with Crippen LogP contribution in [0.15, 0.2) is 30.9 Å². The van der Waals surface area contributed by atoms with Crippen LogP contribution in [0.1, 0.15) is 64.6 Å². The Balaban J connectivity index is 1.57. The fourth-order valence-electron chi connectivity index (χ4n) is 4.02. The Morgan fingerprint density at radius 3 is 2.62 bits per heavy atom. The molecule has 0 unspecified atom stereocenters. The van der Waals surface area contributed by atoms with Crippen LogP contribution < -0.4 is 5.32 Å². The summed E-state index contributed by atoms with van der Waals surface area (Å²) in [6, 6.07) is 0.755. The van der Waals surface area contributed by atoms with Crippen molar-refractivity contribution in [1.82, 2.24) is 29.7 Å². The summed E-state index contributed by atoms with van der Waals surface area (Å²) >= 11 is 0. The molecule has 1 saturated carbocycles. The predicted octanol–water partition coefficient (Wildman–Crippen LogP) is 3.99. The number of hydrogen-bond donors (Lipinski definition) is 1. The predicted molar refractivity (Wildman–Crippen MR) is 108 cm³/mol. The Morgan fingerprint density at radius 1 is 1.21 bits per heavy atom. The molecule has 1 N–H and O–H groups in total. The number of imidazole rings is 1. The van der Waals surface area contributed by atoms with Gasteiger partial charge in [0.2, 0.25) is 5.92 Å². The lowest BCUT2D eigenvalue weighted by atomic mass is 9.81. The van der Waals surface area contributed by atoms with Gasteiger partial charge in [-0.15, -0.1) is 0 Å². The Morgan fingerprint density at radius 2 is 1.94 bits per heavy atom. The van der Waals surface area contributed by atoms with Gasteiger partial charge in [-0.2, -0.15) is 23.4 Å². The number of hydrogen-bond acceptors (Lipinski definition) is 5. The summed E-state index contributed by atoms with van der Waals surface area (Å²) in [6.07, 6.45) is 0.0291. The van der Waals surface area contributed by atoms with Crippen molar-refractivity contribution in [2.75, 3.05) is 0 Å². The van der Waals surface area contributed by atoms with Gasteiger partial charge in [-0.05, 0) is 24.8 Å². The maximum atomic E-state index is 13.7. The van der Waals surface area contributed by atoms with E-state index >= 15 is 0 Å². The van der Waals surface area contributed by atoms with Crippen LogP contribution in [0, 0.1) is 5.92 Å². The van der Waals surface area contributed by atoms with Crippen LogP contribution in [-0.2, 0) is 6.54 Å². The van der Waals surface area contributed by atoms with E-state index in [1.165, 1.54) is 23.0 Å². The van der Waals surface area contributed by atoms with Crippen molar-refractivity contribution in [2.24, 2.45) is 5.92 Å². The first-order chi connectivity index (χ1) is 16.0. The van der Waals surface area contributed by atoms with Crippen molar-refractivity contribution in [1.29, 1.82) is 0 Å². The van der Waals surface area contributed by atoms with E-state index in [-0.39, 0.29) is 37.2 Å². The van der Waals surface area contributed by atoms with Crippen molar-refractivity contribution in [3.8, 4) is 0 Å². The zero-order valence-corrected chi connectivity index (χ0v) is 17.8. The molecule has 13 heteroatoms. The quantitative estimate of drug-likeness (QED) is 0.404. The molecule has 1 aliphatic rings. The number of carbonyl (C=O) groups is 2. The van der Waals surface area contributed by atoms with Crippen molar-refractivity contribution < 1.29 is 31.5 Å². The topological polar surface area (TPSA) is 94.2 Å². The molecule has 1 atom stereocenters. The molecule has 0 aliphatic heterocycles. The third-order valence-electron chi connectivity index (χ3n) is 5.85. The largest absolute Gasteiger partial charge is 0.390 e. The van der Waals surface area contributed by atoms with Gasteiger partial charge in [-0.1, -0.05) is 0 Å². The van der Waals surface area contributed by atoms with Crippen molar-refractivity contribution >= 4 is 17.8 Å². The molecule has 0 spiro atoms. The van der Waals surface area contributed by atoms with Gasteiger partial charge in [0.05, 0.1) is 42.3 Å². The number of amides is 1. The summed E-state index contributed by atoms with van der Waals surface area (Å²) < 4.78 is 67.3. The summed E-state index contributed by atoms with van der Waals surface area (Å²) in [5.74, 6) is -3.73. The van der Waals surface area contributed by atoms with Gasteiger partial charge in [0.1, 0.15) is 0 Å². The number of halogens is 5. The number of nitrogens with one attached hydrogen (secondary N) is 1. The number of aldehydes is 1.